The van der Waals surface area contributed by atoms with Crippen LogP contribution in [0, 0.1) is 0 Å². The van der Waals surface area contributed by atoms with Crippen molar-refractivity contribution in [2.45, 2.75) is 12.5 Å². The van der Waals surface area contributed by atoms with Gasteiger partial charge in [-0.05, 0) is 11.6 Å². The summed E-state index contributed by atoms with van der Waals surface area (Å²) >= 11 is 0. The van der Waals surface area contributed by atoms with Gasteiger partial charge in [-0.15, -0.1) is 0 Å². The topological polar surface area (TPSA) is 88.0 Å². The van der Waals surface area contributed by atoms with E-state index >= 15 is 0 Å². The lowest BCUT2D eigenvalue weighted by Crippen LogP contribution is -2.40. The van der Waals surface area contributed by atoms with Crippen LogP contribution in [0.1, 0.15) is 5.56 Å². The Bertz CT molecular complexity index is 547. The Morgan fingerprint density at radius 2 is 2.24 bits per heavy atom. The number of benzene rings is 1. The van der Waals surface area contributed by atoms with Gasteiger partial charge >= 0.3 is 6.03 Å². The largest absolute Gasteiger partial charge is 0.361 e. The quantitative estimate of drug-likeness (QED) is 0.684. The molecule has 2 amide bonds. The van der Waals surface area contributed by atoms with Crippen molar-refractivity contribution < 1.29 is 9.59 Å². The fourth-order valence-corrected chi connectivity index (χ4v) is 1.85. The first kappa shape index (κ1) is 11.2. The van der Waals surface area contributed by atoms with Gasteiger partial charge in [0.25, 0.3) is 0 Å². The van der Waals surface area contributed by atoms with Crippen LogP contribution >= 0.6 is 0 Å². The van der Waals surface area contributed by atoms with Crippen LogP contribution in [-0.2, 0) is 11.2 Å². The molecular weight excluding hydrogens is 218 g/mol. The van der Waals surface area contributed by atoms with E-state index in [4.69, 9.17) is 5.73 Å². The second-order valence-corrected chi connectivity index (χ2v) is 3.81. The van der Waals surface area contributed by atoms with Crippen molar-refractivity contribution in [1.82, 2.24) is 10.3 Å². The highest BCUT2D eigenvalue weighted by Gasteiger charge is 2.12. The number of aldehydes is 1. The molecule has 1 aromatic carbocycles. The van der Waals surface area contributed by atoms with Gasteiger partial charge in [0.05, 0.1) is 6.04 Å². The first-order chi connectivity index (χ1) is 8.20. The minimum Gasteiger partial charge on any atom is -0.361 e. The van der Waals surface area contributed by atoms with Crippen LogP contribution < -0.4 is 11.1 Å². The van der Waals surface area contributed by atoms with E-state index in [0.29, 0.717) is 12.7 Å². The molecule has 1 aromatic heterocycles. The molecule has 1 unspecified atom stereocenters. The van der Waals surface area contributed by atoms with E-state index < -0.39 is 12.1 Å². The van der Waals surface area contributed by atoms with Gasteiger partial charge in [-0.25, -0.2) is 4.79 Å². The summed E-state index contributed by atoms with van der Waals surface area (Å²) in [5, 5.41) is 3.44. The van der Waals surface area contributed by atoms with Gasteiger partial charge < -0.3 is 20.8 Å². The predicted molar refractivity (Wildman–Crippen MR) is 64.6 cm³/mol. The van der Waals surface area contributed by atoms with Crippen LogP contribution in [0.3, 0.4) is 0 Å². The lowest BCUT2D eigenvalue weighted by atomic mass is 10.1. The number of para-hydroxylation sites is 1. The lowest BCUT2D eigenvalue weighted by Gasteiger charge is -2.09. The second-order valence-electron chi connectivity index (χ2n) is 3.81. The maximum atomic E-state index is 10.8. The number of H-pyrrole nitrogens is 1. The number of fused-ring (bicyclic) bond motifs is 1. The number of nitrogens with one attached hydrogen (secondary N) is 2. The van der Waals surface area contributed by atoms with Crippen LogP contribution in [0.5, 0.6) is 0 Å². The maximum absolute atomic E-state index is 10.8. The summed E-state index contributed by atoms with van der Waals surface area (Å²) in [5.74, 6) is 0. The van der Waals surface area contributed by atoms with Crippen LogP contribution in [0.2, 0.25) is 0 Å². The van der Waals surface area contributed by atoms with Crippen molar-refractivity contribution in [2.24, 2.45) is 5.73 Å². The summed E-state index contributed by atoms with van der Waals surface area (Å²) in [6.45, 7) is 0. The van der Waals surface area contributed by atoms with Crippen molar-refractivity contribution in [1.29, 1.82) is 0 Å². The molecule has 0 fully saturated rings. The third-order valence-corrected chi connectivity index (χ3v) is 2.61. The van der Waals surface area contributed by atoms with Crippen LogP contribution in [0.4, 0.5) is 4.79 Å². The summed E-state index contributed by atoms with van der Waals surface area (Å²) in [6.07, 6.45) is 2.95. The number of amides is 2. The number of carbonyl (C=O) groups excluding carboxylic acids is 2. The summed E-state index contributed by atoms with van der Waals surface area (Å²) in [7, 11) is 0. The molecule has 0 saturated heterocycles. The van der Waals surface area contributed by atoms with E-state index in [-0.39, 0.29) is 0 Å². The summed E-state index contributed by atoms with van der Waals surface area (Å²) in [5.41, 5.74) is 6.98. The van der Waals surface area contributed by atoms with Crippen LogP contribution in [-0.4, -0.2) is 23.3 Å². The smallest absolute Gasteiger partial charge is 0.312 e. The highest BCUT2D eigenvalue weighted by molar-refractivity contribution is 5.84. The molecule has 0 bridgehead atoms. The fraction of sp³-hybridized carbons (Fsp3) is 0.167. The lowest BCUT2D eigenvalue weighted by molar-refractivity contribution is -0.109. The number of aromatic amines is 1. The number of hydrogen-bond donors (Lipinski definition) is 3. The molecule has 0 aliphatic rings. The molecule has 1 atom stereocenters. The Morgan fingerprint density at radius 1 is 1.47 bits per heavy atom. The van der Waals surface area contributed by atoms with Crippen molar-refractivity contribution in [3.8, 4) is 0 Å². The molecule has 2 aromatic rings. The average molecular weight is 231 g/mol. The number of urea groups is 1. The van der Waals surface area contributed by atoms with E-state index in [1.807, 2.05) is 30.5 Å². The van der Waals surface area contributed by atoms with E-state index in [0.717, 1.165) is 16.5 Å². The summed E-state index contributed by atoms with van der Waals surface area (Å²) in [6, 6.07) is 6.50. The molecule has 0 radical (unpaired) electrons. The second kappa shape index (κ2) is 4.69. The molecule has 4 N–H and O–H groups in total. The normalized spacial score (nSPS) is 12.2. The zero-order valence-corrected chi connectivity index (χ0v) is 9.14. The van der Waals surface area contributed by atoms with E-state index in [1.165, 1.54) is 0 Å². The molecular formula is C12H13N3O2. The summed E-state index contributed by atoms with van der Waals surface area (Å²) < 4.78 is 0. The average Bonchev–Trinajstić information content (AvgIpc) is 2.71. The van der Waals surface area contributed by atoms with Gasteiger partial charge in [0.2, 0.25) is 0 Å². The minimum atomic E-state index is -0.693. The highest BCUT2D eigenvalue weighted by atomic mass is 16.2. The van der Waals surface area contributed by atoms with Gasteiger partial charge in [-0.3, -0.25) is 0 Å². The van der Waals surface area contributed by atoms with Gasteiger partial charge in [0.1, 0.15) is 6.29 Å². The van der Waals surface area contributed by atoms with Gasteiger partial charge in [-0.1, -0.05) is 18.2 Å². The Hall–Kier alpha value is -2.30. The third kappa shape index (κ3) is 2.44. The van der Waals surface area contributed by atoms with E-state index in [9.17, 15) is 9.59 Å². The highest BCUT2D eigenvalue weighted by Crippen LogP contribution is 2.18. The molecule has 0 aliphatic carbocycles. The Labute approximate surface area is 98.0 Å². The molecule has 0 aliphatic heterocycles. The van der Waals surface area contributed by atoms with Crippen molar-refractivity contribution >= 4 is 23.2 Å². The third-order valence-electron chi connectivity index (χ3n) is 2.61. The van der Waals surface area contributed by atoms with Gasteiger partial charge in [0.15, 0.2) is 0 Å². The molecule has 88 valence electrons. The number of aromatic nitrogens is 1. The number of rotatable bonds is 4. The number of nitrogens with two attached hydrogens (primary N) is 1. The first-order valence-corrected chi connectivity index (χ1v) is 5.27. The number of primary amides is 1. The predicted octanol–water partition coefficient (Wildman–Crippen LogP) is 0.946. The molecule has 0 spiro atoms. The molecule has 2 rings (SSSR count). The fourth-order valence-electron chi connectivity index (χ4n) is 1.85. The first-order valence-electron chi connectivity index (χ1n) is 5.27. The molecule has 17 heavy (non-hydrogen) atoms. The van der Waals surface area contributed by atoms with Crippen molar-refractivity contribution in [2.75, 3.05) is 0 Å². The van der Waals surface area contributed by atoms with Crippen molar-refractivity contribution in [3.05, 3.63) is 36.0 Å². The Morgan fingerprint density at radius 3 is 2.94 bits per heavy atom. The molecule has 1 heterocycles. The maximum Gasteiger partial charge on any atom is 0.312 e. The van der Waals surface area contributed by atoms with E-state index in [1.54, 1.807) is 0 Å². The molecule has 5 heteroatoms. The monoisotopic (exact) mass is 231 g/mol. The molecule has 5 nitrogen and oxygen atoms in total. The standard InChI is InChI=1S/C12H13N3O2/c13-12(17)15-9(7-16)5-8-6-14-11-4-2-1-3-10(8)11/h1-4,6-7,9,14H,5H2,(H3,13,15,17). The van der Waals surface area contributed by atoms with Crippen LogP contribution in [0.15, 0.2) is 30.5 Å². The zero-order valence-electron chi connectivity index (χ0n) is 9.14. The van der Waals surface area contributed by atoms with Crippen LogP contribution in [0.25, 0.3) is 10.9 Å². The Balaban J connectivity index is 2.22. The van der Waals surface area contributed by atoms with E-state index in [2.05, 4.69) is 10.3 Å². The number of carbonyl (C=O) groups is 2. The number of hydrogen-bond acceptors (Lipinski definition) is 2. The minimum absolute atomic E-state index is 0.427. The SMILES string of the molecule is NC(=O)NC(C=O)Cc1c[nH]c2ccccc12. The van der Waals surface area contributed by atoms with Gasteiger partial charge in [-0.2, -0.15) is 0 Å². The summed E-state index contributed by atoms with van der Waals surface area (Å²) in [4.78, 5) is 24.6. The Kier molecular flexibility index (Phi) is 3.09. The zero-order chi connectivity index (χ0) is 12.3. The van der Waals surface area contributed by atoms with Gasteiger partial charge in [0, 0.05) is 23.5 Å². The molecule has 0 saturated carbocycles. The van der Waals surface area contributed by atoms with Crippen molar-refractivity contribution in [3.63, 3.8) is 0 Å².